The Hall–Kier alpha value is -7.46. The Labute approximate surface area is 675 Å². The van der Waals surface area contributed by atoms with Gasteiger partial charge in [-0.2, -0.15) is 0 Å². The first-order valence-corrected chi connectivity index (χ1v) is 42.6. The monoisotopic (exact) mass is 1590 g/mol. The Morgan fingerprint density at radius 3 is 1.36 bits per heavy atom. The molecule has 5 rings (SSSR count). The van der Waals surface area contributed by atoms with E-state index in [0.29, 0.717) is 25.9 Å². The van der Waals surface area contributed by atoms with Crippen molar-refractivity contribution in [2.24, 2.45) is 41.4 Å². The molecule has 5 aliphatic rings. The molecular weight excluding hydrogens is 1450 g/mol. The summed E-state index contributed by atoms with van der Waals surface area (Å²) < 4.78 is 0. The molecule has 5 N–H and O–H groups in total. The van der Waals surface area contributed by atoms with Crippen molar-refractivity contribution in [1.82, 2.24) is 70.3 Å². The highest BCUT2D eigenvalue weighted by atomic mass is 16.3. The Kier molecular flexibility index (Phi) is 37.9. The highest BCUT2D eigenvalue weighted by molar-refractivity contribution is 6.01. The number of likely N-dealkylation sites (tertiary alicyclic amines) is 1. The number of aliphatic hydroxyl groups is 1. The number of nitrogens with zero attached hydrogens (tertiary/aromatic N) is 10. The van der Waals surface area contributed by atoms with Gasteiger partial charge in [-0.1, -0.05) is 158 Å². The van der Waals surface area contributed by atoms with E-state index in [1.54, 1.807) is 39.6 Å². The quantitative estimate of drug-likeness (QED) is 0.0886. The lowest BCUT2D eigenvalue weighted by Crippen LogP contribution is -2.63. The molecule has 29 heteroatoms. The number of carbonyl (C=O) groups is 14. The summed E-state index contributed by atoms with van der Waals surface area (Å²) in [6, 6.07) is -17.0. The van der Waals surface area contributed by atoms with Gasteiger partial charge < -0.3 is 75.4 Å². The summed E-state index contributed by atoms with van der Waals surface area (Å²) in [5.74, 6) is -11.4. The van der Waals surface area contributed by atoms with Crippen LogP contribution < -0.4 is 21.3 Å². The molecule has 0 aromatic rings. The Bertz CT molecular complexity index is 3240. The van der Waals surface area contributed by atoms with Crippen molar-refractivity contribution in [3.63, 3.8) is 0 Å². The molecule has 5 fully saturated rings. The lowest BCUT2D eigenvalue weighted by atomic mass is 9.83. The van der Waals surface area contributed by atoms with E-state index < -0.39 is 180 Å². The average molecular weight is 1590 g/mol. The normalized spacial score (nSPS) is 27.2. The van der Waals surface area contributed by atoms with E-state index in [4.69, 9.17) is 0 Å². The molecule has 113 heavy (non-hydrogen) atoms. The molecule has 0 aromatic heterocycles. The standard InChI is InChI=1S/C84H146N14O15/c1-23-53(8)69-83(112)96(21)66(45-51(4)5)82(111)97(22)71(52(6)7)75(104)86-62(80(109)95(20)67(48-61-40-32-26-33-41-61)81(110)94(19)64(46-59-36-28-24-29-37-59)72(101)85-54(9)76(105)98-42-34-27-35-43-98)49-68(100)89(14)55(10)77(106)90(15)56(11)78(107)93(18)65(47-60-38-30-25-31-39-60)74(103)88-70(58(13)99)84(113)91(16)57(12)79(108)92(17)63(44-50(2)3)73(102)87-69/h50-67,69-71,99H,23-49H2,1-22H3,(H,85,101)(H,86,104)(H,87,102)(H,88,103)/t53-,54-,55+,56-,57-,58+,62-,63-,64-,65-,66-,67-,69-,70-,71-/m0/s1. The van der Waals surface area contributed by atoms with Crippen LogP contribution in [0.2, 0.25) is 0 Å². The van der Waals surface area contributed by atoms with Gasteiger partial charge in [0.05, 0.1) is 12.5 Å². The maximum absolute atomic E-state index is 16.1. The number of piperidine rings is 1. The molecule has 0 aromatic carbocycles. The third-order valence-electron chi connectivity index (χ3n) is 25.6. The fourth-order valence-electron chi connectivity index (χ4n) is 17.4. The van der Waals surface area contributed by atoms with Crippen LogP contribution in [0.15, 0.2) is 0 Å². The first-order chi connectivity index (χ1) is 53.0. The Balaban J connectivity index is 1.70. The number of carbonyl (C=O) groups excluding carboxylic acids is 14. The molecule has 0 bridgehead atoms. The first-order valence-electron chi connectivity index (χ1n) is 42.6. The van der Waals surface area contributed by atoms with Gasteiger partial charge in [-0.25, -0.2) is 0 Å². The largest absolute Gasteiger partial charge is 0.391 e. The van der Waals surface area contributed by atoms with Gasteiger partial charge in [0.2, 0.25) is 82.7 Å². The zero-order valence-electron chi connectivity index (χ0n) is 72.9. The van der Waals surface area contributed by atoms with Gasteiger partial charge in [-0.3, -0.25) is 67.1 Å². The fraction of sp³-hybridized carbons (Fsp3) is 0.833. The minimum absolute atomic E-state index is 0.0340. The minimum Gasteiger partial charge on any atom is -0.391 e. The number of amides is 14. The highest BCUT2D eigenvalue weighted by Gasteiger charge is 2.47. The number of hydrogen-bond donors (Lipinski definition) is 5. The lowest BCUT2D eigenvalue weighted by molar-refractivity contribution is -0.153. The number of nitrogens with one attached hydrogen (secondary N) is 4. The third kappa shape index (κ3) is 25.8. The van der Waals surface area contributed by atoms with Crippen LogP contribution in [0.5, 0.6) is 0 Å². The smallest absolute Gasteiger partial charge is 0.248 e. The predicted octanol–water partition coefficient (Wildman–Crippen LogP) is 5.95. The van der Waals surface area contributed by atoms with Gasteiger partial charge in [0.25, 0.3) is 0 Å². The molecule has 2 saturated heterocycles. The van der Waals surface area contributed by atoms with Crippen molar-refractivity contribution >= 4 is 82.7 Å². The molecule has 2 aliphatic heterocycles. The van der Waals surface area contributed by atoms with Crippen LogP contribution in [0.3, 0.4) is 0 Å². The zero-order chi connectivity index (χ0) is 84.9. The molecule has 3 aliphatic carbocycles. The number of likely N-dealkylation sites (N-methyl/N-ethyl adjacent to an activating group) is 9. The second kappa shape index (κ2) is 44.6. The van der Waals surface area contributed by atoms with Gasteiger partial charge in [0.1, 0.15) is 78.5 Å². The van der Waals surface area contributed by atoms with Gasteiger partial charge >= 0.3 is 0 Å². The van der Waals surface area contributed by atoms with Crippen molar-refractivity contribution in [3.8, 4) is 0 Å². The maximum Gasteiger partial charge on any atom is 0.248 e. The second-order valence-electron chi connectivity index (χ2n) is 35.4. The summed E-state index contributed by atoms with van der Waals surface area (Å²) in [5.41, 5.74) is 0. The van der Waals surface area contributed by atoms with Crippen molar-refractivity contribution < 1.29 is 72.2 Å². The van der Waals surface area contributed by atoms with Gasteiger partial charge in [-0.05, 0) is 127 Å². The molecule has 0 unspecified atom stereocenters. The van der Waals surface area contributed by atoms with E-state index in [1.165, 1.54) is 113 Å². The molecule has 2 heterocycles. The fourth-order valence-corrected chi connectivity index (χ4v) is 17.4. The molecule has 14 amide bonds. The van der Waals surface area contributed by atoms with Crippen LogP contribution in [-0.4, -0.2) is 298 Å². The van der Waals surface area contributed by atoms with Crippen molar-refractivity contribution in [2.75, 3.05) is 76.5 Å². The molecule has 642 valence electrons. The van der Waals surface area contributed by atoms with E-state index >= 15 is 38.4 Å². The predicted molar refractivity (Wildman–Crippen MR) is 433 cm³/mol. The Morgan fingerprint density at radius 2 is 0.876 bits per heavy atom. The second-order valence-corrected chi connectivity index (χ2v) is 35.4. The average Bonchev–Trinajstić information content (AvgIpc) is 0.843. The van der Waals surface area contributed by atoms with Crippen LogP contribution in [0.4, 0.5) is 0 Å². The van der Waals surface area contributed by atoms with E-state index in [2.05, 4.69) is 21.3 Å². The molecule has 15 atom stereocenters. The van der Waals surface area contributed by atoms with Gasteiger partial charge in [-0.15, -0.1) is 0 Å². The van der Waals surface area contributed by atoms with Gasteiger partial charge in [0, 0.05) is 76.5 Å². The zero-order valence-corrected chi connectivity index (χ0v) is 72.9. The highest BCUT2D eigenvalue weighted by Crippen LogP contribution is 2.34. The van der Waals surface area contributed by atoms with Crippen molar-refractivity contribution in [3.05, 3.63) is 0 Å². The summed E-state index contributed by atoms with van der Waals surface area (Å²) >= 11 is 0. The number of rotatable bonds is 21. The van der Waals surface area contributed by atoms with Crippen molar-refractivity contribution in [2.45, 2.75) is 335 Å². The minimum atomic E-state index is -1.80. The van der Waals surface area contributed by atoms with Crippen LogP contribution in [-0.2, 0) is 67.1 Å². The number of aliphatic hydroxyl groups excluding tert-OH is 1. The first kappa shape index (κ1) is 96.1. The van der Waals surface area contributed by atoms with Crippen LogP contribution >= 0.6 is 0 Å². The molecule has 3 saturated carbocycles. The molecule has 0 spiro atoms. The van der Waals surface area contributed by atoms with Crippen LogP contribution in [0, 0.1) is 41.4 Å². The molecule has 0 radical (unpaired) electrons. The molecular formula is C84H146N14O15. The van der Waals surface area contributed by atoms with Crippen LogP contribution in [0.1, 0.15) is 251 Å². The molecule has 29 nitrogen and oxygen atoms in total. The van der Waals surface area contributed by atoms with Crippen LogP contribution in [0.25, 0.3) is 0 Å². The summed E-state index contributed by atoms with van der Waals surface area (Å²) in [6.45, 7) is 22.9. The summed E-state index contributed by atoms with van der Waals surface area (Å²) in [4.78, 5) is 225. The summed E-state index contributed by atoms with van der Waals surface area (Å²) in [5, 5.41) is 22.9. The van der Waals surface area contributed by atoms with Gasteiger partial charge in [0.15, 0.2) is 0 Å². The SMILES string of the molecule is CC[C@H](C)[C@@H]1NC(=O)[C@H](CC(C)C)N(C)C(=O)[C@H](C)N(C)C(=O)[C@H]([C@@H](C)O)NC(=O)[C@H](CC2CCCCC2)N(C)C(=O)[C@H](C)N(C)C(=O)[C@@H](C)N(C)C(=O)C[C@@H](C(=O)N(C)[C@@H](CC2CCCCC2)C(=O)N(C)[C@@H](CC2CCCCC2)C(=O)N[C@@H](C)C(=O)N2CCCCC2)NC(=O)[C@H](C(C)C)N(C)C(=O)[C@H](CC(C)C)N(C)C1=O. The van der Waals surface area contributed by atoms with E-state index in [1.807, 2.05) is 34.6 Å². The van der Waals surface area contributed by atoms with E-state index in [0.717, 1.165) is 130 Å². The summed E-state index contributed by atoms with van der Waals surface area (Å²) in [6.07, 6.45) is 14.5. The third-order valence-corrected chi connectivity index (χ3v) is 25.6. The number of hydrogen-bond acceptors (Lipinski definition) is 15. The van der Waals surface area contributed by atoms with E-state index in [9.17, 15) is 33.9 Å². The topological polar surface area (TPSA) is 340 Å². The van der Waals surface area contributed by atoms with Crippen molar-refractivity contribution in [1.29, 1.82) is 0 Å². The summed E-state index contributed by atoms with van der Waals surface area (Å²) in [7, 11) is 12.7. The lowest BCUT2D eigenvalue weighted by Gasteiger charge is -2.40. The maximum atomic E-state index is 16.1. The van der Waals surface area contributed by atoms with E-state index in [-0.39, 0.29) is 61.2 Å². The Morgan fingerprint density at radius 1 is 0.460 bits per heavy atom.